The second kappa shape index (κ2) is 11.9. The van der Waals surface area contributed by atoms with E-state index in [0.717, 1.165) is 10.6 Å². The number of benzene rings is 2. The fraction of sp³-hybridized carbons (Fsp3) is 0.259. The molecule has 40 heavy (non-hydrogen) atoms. The molecule has 3 rings (SSSR count). The predicted octanol–water partition coefficient (Wildman–Crippen LogP) is 3.21. The molecule has 1 atom stereocenters. The first kappa shape index (κ1) is 30.3. The highest BCUT2D eigenvalue weighted by Crippen LogP contribution is 2.22. The second-order valence-electron chi connectivity index (χ2n) is 9.24. The van der Waals surface area contributed by atoms with Gasteiger partial charge >= 0.3 is 6.18 Å². The van der Waals surface area contributed by atoms with Gasteiger partial charge in [0.15, 0.2) is 0 Å². The predicted molar refractivity (Wildman–Crippen MR) is 140 cm³/mol. The van der Waals surface area contributed by atoms with Crippen molar-refractivity contribution in [1.82, 2.24) is 14.6 Å². The Kier molecular flexibility index (Phi) is 8.98. The van der Waals surface area contributed by atoms with E-state index in [4.69, 9.17) is 0 Å². The first-order valence-electron chi connectivity index (χ1n) is 12.0. The number of nitrogens with zero attached hydrogens (tertiary/aromatic N) is 1. The number of ketones is 1. The average molecular weight is 578 g/mol. The summed E-state index contributed by atoms with van der Waals surface area (Å²) in [7, 11) is -4.37. The van der Waals surface area contributed by atoms with Gasteiger partial charge < -0.3 is 5.32 Å². The van der Waals surface area contributed by atoms with Crippen molar-refractivity contribution >= 4 is 27.6 Å². The van der Waals surface area contributed by atoms with Gasteiger partial charge in [0, 0.05) is 0 Å². The van der Waals surface area contributed by atoms with Gasteiger partial charge in [-0.25, -0.2) is 13.1 Å². The van der Waals surface area contributed by atoms with E-state index in [1.807, 2.05) is 10.0 Å². The number of halogens is 3. The van der Waals surface area contributed by atoms with Crippen LogP contribution < -0.4 is 15.6 Å². The molecule has 0 aliphatic carbocycles. The van der Waals surface area contributed by atoms with Crippen LogP contribution in [-0.4, -0.2) is 42.8 Å². The number of sulfonamides is 1. The Labute approximate surface area is 228 Å². The maximum Gasteiger partial charge on any atom is 0.452 e. The first-order chi connectivity index (χ1) is 18.6. The van der Waals surface area contributed by atoms with E-state index in [9.17, 15) is 40.8 Å². The van der Waals surface area contributed by atoms with Gasteiger partial charge in [0.1, 0.15) is 12.1 Å². The summed E-state index contributed by atoms with van der Waals surface area (Å²) in [5.41, 5.74) is -0.793. The summed E-state index contributed by atoms with van der Waals surface area (Å²) >= 11 is 0. The van der Waals surface area contributed by atoms with Gasteiger partial charge in [-0.2, -0.15) is 13.2 Å². The molecule has 1 aromatic heterocycles. The van der Waals surface area contributed by atoms with Gasteiger partial charge in [-0.15, -0.1) is 0 Å². The van der Waals surface area contributed by atoms with Crippen molar-refractivity contribution in [2.45, 2.75) is 44.4 Å². The molecular weight excluding hydrogens is 551 g/mol. The molecule has 0 spiro atoms. The van der Waals surface area contributed by atoms with Crippen LogP contribution in [0, 0.1) is 12.8 Å². The number of rotatable bonds is 9. The lowest BCUT2D eigenvalue weighted by molar-refractivity contribution is -0.174. The van der Waals surface area contributed by atoms with E-state index in [2.05, 4.69) is 0 Å². The molecule has 2 amide bonds. The number of carbonyl (C=O) groups is 3. The number of nitrogens with one attached hydrogen (secondary N) is 2. The van der Waals surface area contributed by atoms with Crippen molar-refractivity contribution in [3.63, 3.8) is 0 Å². The zero-order valence-electron chi connectivity index (χ0n) is 21.7. The third kappa shape index (κ3) is 6.84. The van der Waals surface area contributed by atoms with Gasteiger partial charge in [-0.1, -0.05) is 62.4 Å². The molecule has 1 heterocycles. The molecule has 1 unspecified atom stereocenters. The summed E-state index contributed by atoms with van der Waals surface area (Å²) in [6, 6.07) is 14.5. The number of pyridine rings is 1. The molecule has 2 N–H and O–H groups in total. The molecule has 0 radical (unpaired) electrons. The minimum absolute atomic E-state index is 0.127. The molecule has 13 heteroatoms. The zero-order chi connectivity index (χ0) is 29.8. The summed E-state index contributed by atoms with van der Waals surface area (Å²) in [5.74, 6) is -5.44. The molecule has 212 valence electrons. The highest BCUT2D eigenvalue weighted by Gasteiger charge is 2.45. The lowest BCUT2D eigenvalue weighted by atomic mass is 9.99. The van der Waals surface area contributed by atoms with E-state index < -0.39 is 63.4 Å². The molecule has 3 aromatic rings. The summed E-state index contributed by atoms with van der Waals surface area (Å²) in [4.78, 5) is 50.9. The Morgan fingerprint density at radius 3 is 2.10 bits per heavy atom. The molecule has 0 saturated carbocycles. The minimum atomic E-state index is -5.20. The molecule has 0 bridgehead atoms. The first-order valence-corrected chi connectivity index (χ1v) is 13.4. The maximum absolute atomic E-state index is 13.4. The summed E-state index contributed by atoms with van der Waals surface area (Å²) in [6.45, 7) is 3.29. The maximum atomic E-state index is 13.4. The Morgan fingerprint density at radius 2 is 1.52 bits per heavy atom. The van der Waals surface area contributed by atoms with Crippen LogP contribution in [0.3, 0.4) is 0 Å². The van der Waals surface area contributed by atoms with Crippen molar-refractivity contribution < 1.29 is 36.0 Å². The van der Waals surface area contributed by atoms with E-state index in [1.165, 1.54) is 45.0 Å². The number of amides is 2. The summed E-state index contributed by atoms with van der Waals surface area (Å²) < 4.78 is 67.5. The number of hydrogen-bond acceptors (Lipinski definition) is 6. The van der Waals surface area contributed by atoms with Crippen LogP contribution in [0.1, 0.15) is 29.8 Å². The molecule has 9 nitrogen and oxygen atoms in total. The standard InChI is InChI=1S/C27H26F3N3O6S/c1-16(2)23(24(35)27(28,29)30)31-22(34)15-33-20(18-10-5-4-6-11-18)14-13-19(26(33)37)25(36)32-40(38,39)21-12-8-7-9-17(21)3/h4-14,16,23H,15H2,1-3H3,(H,31,34)(H,32,36). The SMILES string of the molecule is Cc1ccccc1S(=O)(=O)NC(=O)c1ccc(-c2ccccc2)n(CC(=O)NC(C(=O)C(F)(F)F)C(C)C)c1=O. The van der Waals surface area contributed by atoms with Crippen LogP contribution in [0.2, 0.25) is 0 Å². The lowest BCUT2D eigenvalue weighted by Crippen LogP contribution is -2.51. The molecular formula is C27H26F3N3O6S. The van der Waals surface area contributed by atoms with Crippen LogP contribution in [-0.2, 0) is 26.2 Å². The quantitative estimate of drug-likeness (QED) is 0.402. The third-order valence-electron chi connectivity index (χ3n) is 5.95. The Morgan fingerprint density at radius 1 is 0.925 bits per heavy atom. The number of aryl methyl sites for hydroxylation is 1. The Bertz CT molecular complexity index is 1600. The molecule has 0 aliphatic heterocycles. The summed E-state index contributed by atoms with van der Waals surface area (Å²) in [5, 5.41) is 2.03. The average Bonchev–Trinajstić information content (AvgIpc) is 2.87. The third-order valence-corrected chi connectivity index (χ3v) is 7.44. The van der Waals surface area contributed by atoms with E-state index in [0.29, 0.717) is 11.1 Å². The fourth-order valence-electron chi connectivity index (χ4n) is 3.93. The van der Waals surface area contributed by atoms with Gasteiger partial charge in [-0.3, -0.25) is 23.7 Å². The fourth-order valence-corrected chi connectivity index (χ4v) is 5.15. The Hall–Kier alpha value is -4.26. The van der Waals surface area contributed by atoms with Crippen molar-refractivity contribution in [2.75, 3.05) is 0 Å². The van der Waals surface area contributed by atoms with Crippen molar-refractivity contribution in [3.8, 4) is 11.3 Å². The van der Waals surface area contributed by atoms with Crippen LogP contribution >= 0.6 is 0 Å². The molecule has 2 aromatic carbocycles. The lowest BCUT2D eigenvalue weighted by Gasteiger charge is -2.23. The van der Waals surface area contributed by atoms with E-state index in [1.54, 1.807) is 36.4 Å². The smallest absolute Gasteiger partial charge is 0.344 e. The molecule has 0 saturated heterocycles. The van der Waals surface area contributed by atoms with Crippen LogP contribution in [0.4, 0.5) is 13.2 Å². The highest BCUT2D eigenvalue weighted by atomic mass is 32.2. The number of alkyl halides is 3. The van der Waals surface area contributed by atoms with Crippen LogP contribution in [0.5, 0.6) is 0 Å². The van der Waals surface area contributed by atoms with E-state index >= 15 is 0 Å². The monoisotopic (exact) mass is 577 g/mol. The Balaban J connectivity index is 2.02. The highest BCUT2D eigenvalue weighted by molar-refractivity contribution is 7.90. The van der Waals surface area contributed by atoms with Gasteiger partial charge in [-0.05, 0) is 42.2 Å². The van der Waals surface area contributed by atoms with Crippen LogP contribution in [0.15, 0.2) is 76.4 Å². The van der Waals surface area contributed by atoms with Gasteiger partial charge in [0.05, 0.1) is 16.6 Å². The number of aromatic nitrogens is 1. The van der Waals surface area contributed by atoms with Crippen molar-refractivity contribution in [1.29, 1.82) is 0 Å². The molecule has 0 fully saturated rings. The van der Waals surface area contributed by atoms with E-state index in [-0.39, 0.29) is 10.6 Å². The largest absolute Gasteiger partial charge is 0.452 e. The normalized spacial score (nSPS) is 12.6. The second-order valence-corrected chi connectivity index (χ2v) is 10.9. The van der Waals surface area contributed by atoms with Crippen LogP contribution in [0.25, 0.3) is 11.3 Å². The minimum Gasteiger partial charge on any atom is -0.344 e. The topological polar surface area (TPSA) is 131 Å². The van der Waals surface area contributed by atoms with Crippen molar-refractivity contribution in [3.05, 3.63) is 88.2 Å². The van der Waals surface area contributed by atoms with Crippen molar-refractivity contribution in [2.24, 2.45) is 5.92 Å². The number of hydrogen-bond donors (Lipinski definition) is 2. The summed E-state index contributed by atoms with van der Waals surface area (Å²) in [6.07, 6.45) is -5.20. The molecule has 0 aliphatic rings. The zero-order valence-corrected chi connectivity index (χ0v) is 22.5. The van der Waals surface area contributed by atoms with Gasteiger partial charge in [0.2, 0.25) is 5.91 Å². The van der Waals surface area contributed by atoms with Gasteiger partial charge in [0.25, 0.3) is 27.3 Å². The number of carbonyl (C=O) groups excluding carboxylic acids is 3. The number of Topliss-reactive ketones (excluding diaryl/α,β-unsaturated/α-hetero) is 1.